The van der Waals surface area contributed by atoms with Crippen LogP contribution in [-0.2, 0) is 0 Å². The summed E-state index contributed by atoms with van der Waals surface area (Å²) >= 11 is 0. The van der Waals surface area contributed by atoms with E-state index in [9.17, 15) is 0 Å². The van der Waals surface area contributed by atoms with Gasteiger partial charge in [-0.3, -0.25) is 0 Å². The van der Waals surface area contributed by atoms with Crippen molar-refractivity contribution < 1.29 is 0 Å². The normalized spacial score (nSPS) is 33.4. The van der Waals surface area contributed by atoms with E-state index in [0.29, 0.717) is 0 Å². The molecule has 110 valence electrons. The summed E-state index contributed by atoms with van der Waals surface area (Å²) in [6, 6.07) is 12.6. The molecule has 0 radical (unpaired) electrons. The largest absolute Gasteiger partial charge is 0.311 e. The predicted molar refractivity (Wildman–Crippen MR) is 85.9 cm³/mol. The van der Waals surface area contributed by atoms with Crippen molar-refractivity contribution in [3.63, 3.8) is 0 Å². The smallest absolute Gasteiger partial charge is 0.0145 e. The molecule has 0 spiro atoms. The Bertz CT molecular complexity index is 411. The zero-order valence-corrected chi connectivity index (χ0v) is 13.0. The van der Waals surface area contributed by atoms with Gasteiger partial charge in [0.2, 0.25) is 0 Å². The van der Waals surface area contributed by atoms with Crippen LogP contribution in [-0.4, -0.2) is 12.1 Å². The van der Waals surface area contributed by atoms with E-state index in [2.05, 4.69) is 49.5 Å². The van der Waals surface area contributed by atoms with Crippen LogP contribution in [0, 0.1) is 11.8 Å². The van der Waals surface area contributed by atoms with Crippen molar-refractivity contribution in [1.29, 1.82) is 0 Å². The van der Waals surface area contributed by atoms with Gasteiger partial charge < -0.3 is 5.32 Å². The number of hydrogen-bond acceptors (Lipinski definition) is 1. The van der Waals surface area contributed by atoms with Crippen molar-refractivity contribution in [1.82, 2.24) is 5.32 Å². The molecule has 3 rings (SSSR count). The summed E-state index contributed by atoms with van der Waals surface area (Å²) in [4.78, 5) is 0. The minimum Gasteiger partial charge on any atom is -0.311 e. The molecule has 0 heterocycles. The van der Waals surface area contributed by atoms with Crippen molar-refractivity contribution in [3.05, 3.63) is 35.9 Å². The van der Waals surface area contributed by atoms with Crippen LogP contribution in [0.1, 0.15) is 63.9 Å². The maximum atomic E-state index is 3.94. The SMILES string of the molecule is CC(C)CC1CCCC(NC2CC2c2ccccc2)C1. The Morgan fingerprint density at radius 3 is 2.65 bits per heavy atom. The lowest BCUT2D eigenvalue weighted by molar-refractivity contribution is 0.251. The molecule has 20 heavy (non-hydrogen) atoms. The molecule has 2 saturated carbocycles. The zero-order valence-electron chi connectivity index (χ0n) is 13.0. The van der Waals surface area contributed by atoms with Gasteiger partial charge in [0.05, 0.1) is 0 Å². The molecule has 0 bridgehead atoms. The predicted octanol–water partition coefficient (Wildman–Crippen LogP) is 4.74. The minimum atomic E-state index is 0.750. The molecule has 0 amide bonds. The molecular formula is C19H29N. The Kier molecular flexibility index (Phi) is 4.45. The molecule has 1 N–H and O–H groups in total. The fourth-order valence-electron chi connectivity index (χ4n) is 4.07. The summed E-state index contributed by atoms with van der Waals surface area (Å²) in [5, 5.41) is 3.94. The summed E-state index contributed by atoms with van der Waals surface area (Å²) < 4.78 is 0. The molecular weight excluding hydrogens is 242 g/mol. The maximum Gasteiger partial charge on any atom is 0.0145 e. The highest BCUT2D eigenvalue weighted by atomic mass is 15.0. The second-order valence-corrected chi connectivity index (χ2v) is 7.39. The summed E-state index contributed by atoms with van der Waals surface area (Å²) in [7, 11) is 0. The van der Waals surface area contributed by atoms with E-state index < -0.39 is 0 Å². The first-order valence-electron chi connectivity index (χ1n) is 8.53. The zero-order chi connectivity index (χ0) is 13.9. The van der Waals surface area contributed by atoms with Crippen molar-refractivity contribution >= 4 is 0 Å². The van der Waals surface area contributed by atoms with Gasteiger partial charge in [0.15, 0.2) is 0 Å². The first-order chi connectivity index (χ1) is 9.72. The first kappa shape index (κ1) is 14.1. The third kappa shape index (κ3) is 3.63. The fourth-order valence-corrected chi connectivity index (χ4v) is 4.07. The van der Waals surface area contributed by atoms with E-state index in [1.54, 1.807) is 0 Å². The molecule has 1 nitrogen and oxygen atoms in total. The van der Waals surface area contributed by atoms with Crippen LogP contribution in [0.15, 0.2) is 30.3 Å². The third-order valence-electron chi connectivity index (χ3n) is 5.06. The Balaban J connectivity index is 1.47. The molecule has 2 fully saturated rings. The van der Waals surface area contributed by atoms with Crippen molar-refractivity contribution in [2.45, 2.75) is 70.4 Å². The van der Waals surface area contributed by atoms with E-state index in [1.165, 1.54) is 44.1 Å². The molecule has 0 aromatic heterocycles. The highest BCUT2D eigenvalue weighted by molar-refractivity contribution is 5.27. The monoisotopic (exact) mass is 271 g/mol. The molecule has 1 heteroatoms. The van der Waals surface area contributed by atoms with Crippen LogP contribution in [0.25, 0.3) is 0 Å². The Hall–Kier alpha value is -0.820. The van der Waals surface area contributed by atoms with Gasteiger partial charge in [-0.25, -0.2) is 0 Å². The van der Waals surface area contributed by atoms with E-state index in [4.69, 9.17) is 0 Å². The lowest BCUT2D eigenvalue weighted by Gasteiger charge is -2.31. The van der Waals surface area contributed by atoms with Crippen LogP contribution in [0.2, 0.25) is 0 Å². The molecule has 2 aliphatic rings. The van der Waals surface area contributed by atoms with Crippen LogP contribution >= 0.6 is 0 Å². The van der Waals surface area contributed by atoms with E-state index >= 15 is 0 Å². The van der Waals surface area contributed by atoms with Gasteiger partial charge in [-0.05, 0) is 43.1 Å². The summed E-state index contributed by atoms with van der Waals surface area (Å²) in [6.45, 7) is 4.73. The average molecular weight is 271 g/mol. The molecule has 4 unspecified atom stereocenters. The number of nitrogens with one attached hydrogen (secondary N) is 1. The topological polar surface area (TPSA) is 12.0 Å². The van der Waals surface area contributed by atoms with Crippen molar-refractivity contribution in [3.8, 4) is 0 Å². The number of rotatable bonds is 5. The Morgan fingerprint density at radius 2 is 1.90 bits per heavy atom. The first-order valence-corrected chi connectivity index (χ1v) is 8.53. The highest BCUT2D eigenvalue weighted by Gasteiger charge is 2.39. The van der Waals surface area contributed by atoms with Crippen LogP contribution in [0.4, 0.5) is 0 Å². The average Bonchev–Trinajstić information content (AvgIpc) is 3.19. The van der Waals surface area contributed by atoms with Crippen molar-refractivity contribution in [2.24, 2.45) is 11.8 Å². The van der Waals surface area contributed by atoms with Gasteiger partial charge in [0, 0.05) is 18.0 Å². The minimum absolute atomic E-state index is 0.750. The van der Waals surface area contributed by atoms with Crippen LogP contribution in [0.3, 0.4) is 0 Å². The van der Waals surface area contributed by atoms with Gasteiger partial charge in [-0.2, -0.15) is 0 Å². The molecule has 4 atom stereocenters. The molecule has 0 aliphatic heterocycles. The van der Waals surface area contributed by atoms with E-state index in [1.807, 2.05) is 0 Å². The fraction of sp³-hybridized carbons (Fsp3) is 0.684. The summed E-state index contributed by atoms with van der Waals surface area (Å²) in [5.74, 6) is 2.61. The van der Waals surface area contributed by atoms with Crippen LogP contribution in [0.5, 0.6) is 0 Å². The number of hydrogen-bond donors (Lipinski definition) is 1. The summed E-state index contributed by atoms with van der Waals surface area (Å²) in [5.41, 5.74) is 1.53. The van der Waals surface area contributed by atoms with E-state index in [0.717, 1.165) is 29.8 Å². The van der Waals surface area contributed by atoms with Gasteiger partial charge in [-0.1, -0.05) is 57.0 Å². The van der Waals surface area contributed by atoms with Gasteiger partial charge in [0.25, 0.3) is 0 Å². The number of benzene rings is 1. The van der Waals surface area contributed by atoms with Gasteiger partial charge >= 0.3 is 0 Å². The Morgan fingerprint density at radius 1 is 1.10 bits per heavy atom. The maximum absolute atomic E-state index is 3.94. The lowest BCUT2D eigenvalue weighted by Crippen LogP contribution is -2.36. The molecule has 1 aromatic carbocycles. The third-order valence-corrected chi connectivity index (χ3v) is 5.06. The lowest BCUT2D eigenvalue weighted by atomic mass is 9.81. The highest BCUT2D eigenvalue weighted by Crippen LogP contribution is 2.42. The molecule has 1 aromatic rings. The van der Waals surface area contributed by atoms with Gasteiger partial charge in [-0.15, -0.1) is 0 Å². The quantitative estimate of drug-likeness (QED) is 0.816. The van der Waals surface area contributed by atoms with Gasteiger partial charge in [0.1, 0.15) is 0 Å². The molecule has 0 saturated heterocycles. The van der Waals surface area contributed by atoms with Crippen molar-refractivity contribution in [2.75, 3.05) is 0 Å². The standard InChI is InChI=1S/C19H29N/c1-14(2)11-15-7-6-10-17(12-15)20-19-13-18(19)16-8-4-3-5-9-16/h3-5,8-9,14-15,17-20H,6-7,10-13H2,1-2H3. The Labute approximate surface area is 124 Å². The molecule has 2 aliphatic carbocycles. The second-order valence-electron chi connectivity index (χ2n) is 7.39. The second kappa shape index (κ2) is 6.30. The van der Waals surface area contributed by atoms with E-state index in [-0.39, 0.29) is 0 Å². The summed E-state index contributed by atoms with van der Waals surface area (Å²) in [6.07, 6.45) is 8.46. The van der Waals surface area contributed by atoms with Crippen LogP contribution < -0.4 is 5.32 Å².